The zero-order valence-corrected chi connectivity index (χ0v) is 18.4. The molecule has 2 nitrogen and oxygen atoms in total. The van der Waals surface area contributed by atoms with E-state index < -0.39 is 8.24 Å². The lowest BCUT2D eigenvalue weighted by Gasteiger charge is -2.41. The number of hydrogen-bond acceptors (Lipinski definition) is 1. The minimum absolute atomic E-state index is 0.00855. The Labute approximate surface area is 154 Å². The number of halogens is 1. The fourth-order valence-electron chi connectivity index (χ4n) is 3.25. The van der Waals surface area contributed by atoms with Gasteiger partial charge in [0.2, 0.25) is 0 Å². The van der Waals surface area contributed by atoms with E-state index >= 15 is 0 Å². The molecule has 1 aromatic carbocycles. The Morgan fingerprint density at radius 2 is 1.33 bits per heavy atom. The van der Waals surface area contributed by atoms with Crippen LogP contribution in [0.3, 0.4) is 0 Å². The van der Waals surface area contributed by atoms with E-state index in [0.717, 1.165) is 5.57 Å². The predicted octanol–water partition coefficient (Wildman–Crippen LogP) is 6.51. The van der Waals surface area contributed by atoms with Crippen LogP contribution in [0.15, 0.2) is 41.1 Å². The molecule has 0 fully saturated rings. The summed E-state index contributed by atoms with van der Waals surface area (Å²) in [6.45, 7) is 19.4. The molecule has 24 heavy (non-hydrogen) atoms. The van der Waals surface area contributed by atoms with Crippen molar-refractivity contribution in [2.45, 2.75) is 61.2 Å². The average Bonchev–Trinajstić information content (AvgIpc) is 2.34. The van der Waals surface area contributed by atoms with Crippen LogP contribution in [-0.4, -0.2) is 18.7 Å². The summed E-state index contributed by atoms with van der Waals surface area (Å²) in [6, 6.07) is 9.41. The van der Waals surface area contributed by atoms with Crippen LogP contribution in [-0.2, 0) is 0 Å². The lowest BCUT2D eigenvalue weighted by Crippen LogP contribution is -2.49. The second-order valence-electron chi connectivity index (χ2n) is 9.34. The molecule has 1 rings (SSSR count). The maximum Gasteiger partial charge on any atom is 0.250 e. The molecule has 0 saturated heterocycles. The zero-order chi connectivity index (χ0) is 18.9. The van der Waals surface area contributed by atoms with Gasteiger partial charge in [0.1, 0.15) is 5.16 Å². The fraction of sp³-hybridized carbons (Fsp3) is 0.550. The third-order valence-corrected chi connectivity index (χ3v) is 6.07. The number of benzene rings is 1. The van der Waals surface area contributed by atoms with Crippen molar-refractivity contribution in [3.05, 3.63) is 46.6 Å². The Morgan fingerprint density at radius 3 is 1.67 bits per heavy atom. The summed E-state index contributed by atoms with van der Waals surface area (Å²) in [6.07, 6.45) is 0. The molecule has 0 aliphatic heterocycles. The second kappa shape index (κ2) is 7.05. The Hall–Kier alpha value is -1.06. The van der Waals surface area contributed by atoms with Gasteiger partial charge < -0.3 is 4.57 Å². The summed E-state index contributed by atoms with van der Waals surface area (Å²) in [7, 11) is -2.02. The molecule has 0 aliphatic carbocycles. The lowest BCUT2D eigenvalue weighted by atomic mass is 9.72. The standard InChI is InChI=1S/C20H32ClNOSi/c1-19(2,3)16(20(4,5)6)17(21)22(24(7,8)9)18(23)15-13-11-10-12-14-15/h10-14H,1-9H3. The van der Waals surface area contributed by atoms with E-state index in [2.05, 4.69) is 61.2 Å². The summed E-state index contributed by atoms with van der Waals surface area (Å²) in [5, 5.41) is 0.600. The molecule has 134 valence electrons. The molecule has 0 N–H and O–H groups in total. The van der Waals surface area contributed by atoms with Gasteiger partial charge in [-0.3, -0.25) is 4.79 Å². The van der Waals surface area contributed by atoms with E-state index in [1.807, 2.05) is 34.9 Å². The first kappa shape index (κ1) is 21.0. The first-order chi connectivity index (χ1) is 10.7. The third kappa shape index (κ3) is 4.97. The molecule has 1 aromatic rings. The molecule has 0 spiro atoms. The number of carbonyl (C=O) groups is 1. The number of amides is 1. The van der Waals surface area contributed by atoms with Crippen molar-refractivity contribution in [3.8, 4) is 0 Å². The number of nitrogens with zero attached hydrogens (tertiary/aromatic N) is 1. The van der Waals surface area contributed by atoms with Crippen LogP contribution < -0.4 is 0 Å². The Bertz CT molecular complexity index is 600. The van der Waals surface area contributed by atoms with E-state index in [1.54, 1.807) is 0 Å². The zero-order valence-electron chi connectivity index (χ0n) is 16.6. The molecule has 0 atom stereocenters. The Balaban J connectivity index is 3.62. The highest BCUT2D eigenvalue weighted by Crippen LogP contribution is 2.44. The molecular formula is C20H32ClNOSi. The topological polar surface area (TPSA) is 20.3 Å². The number of carbonyl (C=O) groups excluding carboxylic acids is 1. The van der Waals surface area contributed by atoms with Gasteiger partial charge in [0.15, 0.2) is 8.24 Å². The van der Waals surface area contributed by atoms with Crippen molar-refractivity contribution in [2.24, 2.45) is 10.8 Å². The van der Waals surface area contributed by atoms with Crippen LogP contribution in [0.4, 0.5) is 0 Å². The molecule has 0 bridgehead atoms. The summed E-state index contributed by atoms with van der Waals surface area (Å²) < 4.78 is 1.87. The second-order valence-corrected chi connectivity index (χ2v) is 14.5. The van der Waals surface area contributed by atoms with Crippen LogP contribution in [0.25, 0.3) is 0 Å². The van der Waals surface area contributed by atoms with Gasteiger partial charge >= 0.3 is 0 Å². The van der Waals surface area contributed by atoms with Gasteiger partial charge in [-0.25, -0.2) is 0 Å². The summed E-state index contributed by atoms with van der Waals surface area (Å²) in [5.74, 6) is -0.00855. The largest absolute Gasteiger partial charge is 0.328 e. The smallest absolute Gasteiger partial charge is 0.250 e. The van der Waals surface area contributed by atoms with Crippen LogP contribution in [0.2, 0.25) is 19.6 Å². The Kier molecular flexibility index (Phi) is 6.16. The third-order valence-electron chi connectivity index (χ3n) is 3.80. The van der Waals surface area contributed by atoms with Gasteiger partial charge in [-0.1, -0.05) is 91.0 Å². The maximum atomic E-state index is 13.2. The molecule has 0 radical (unpaired) electrons. The summed E-state index contributed by atoms with van der Waals surface area (Å²) in [5.41, 5.74) is 1.55. The number of rotatable bonds is 3. The number of hydrogen-bond donors (Lipinski definition) is 0. The van der Waals surface area contributed by atoms with E-state index in [-0.39, 0.29) is 16.7 Å². The van der Waals surface area contributed by atoms with E-state index in [9.17, 15) is 4.79 Å². The normalized spacial score (nSPS) is 12.8. The quantitative estimate of drug-likeness (QED) is 0.441. The van der Waals surface area contributed by atoms with E-state index in [0.29, 0.717) is 10.7 Å². The molecule has 0 aromatic heterocycles. The van der Waals surface area contributed by atoms with Gasteiger partial charge in [-0.2, -0.15) is 0 Å². The lowest BCUT2D eigenvalue weighted by molar-refractivity contribution is 0.0883. The molecule has 0 saturated carbocycles. The van der Waals surface area contributed by atoms with E-state index in [4.69, 9.17) is 11.6 Å². The van der Waals surface area contributed by atoms with Crippen molar-refractivity contribution in [1.82, 2.24) is 4.57 Å². The first-order valence-electron chi connectivity index (χ1n) is 8.47. The minimum Gasteiger partial charge on any atom is -0.328 e. The van der Waals surface area contributed by atoms with Gasteiger partial charge in [-0.15, -0.1) is 0 Å². The van der Waals surface area contributed by atoms with Crippen LogP contribution in [0, 0.1) is 10.8 Å². The van der Waals surface area contributed by atoms with Crippen LogP contribution in [0.5, 0.6) is 0 Å². The van der Waals surface area contributed by atoms with Gasteiger partial charge in [-0.05, 0) is 28.5 Å². The highest BCUT2D eigenvalue weighted by molar-refractivity contribution is 6.77. The highest BCUT2D eigenvalue weighted by atomic mass is 35.5. The van der Waals surface area contributed by atoms with Gasteiger partial charge in [0.05, 0.1) is 0 Å². The SMILES string of the molecule is CC(C)(C)C(=C(Cl)N(C(=O)c1ccccc1)[Si](C)(C)C)C(C)(C)C. The highest BCUT2D eigenvalue weighted by Gasteiger charge is 2.38. The molecular weight excluding hydrogens is 334 g/mol. The average molecular weight is 366 g/mol. The maximum absolute atomic E-state index is 13.2. The Morgan fingerprint density at radius 1 is 0.917 bits per heavy atom. The first-order valence-corrected chi connectivity index (χ1v) is 12.3. The molecule has 1 amide bonds. The summed E-state index contributed by atoms with van der Waals surface area (Å²) >= 11 is 6.93. The van der Waals surface area contributed by atoms with Crippen molar-refractivity contribution in [3.63, 3.8) is 0 Å². The van der Waals surface area contributed by atoms with Crippen LogP contribution in [0.1, 0.15) is 51.9 Å². The monoisotopic (exact) mass is 365 g/mol. The minimum atomic E-state index is -2.02. The molecule has 0 aliphatic rings. The van der Waals surface area contributed by atoms with Gasteiger partial charge in [0, 0.05) is 5.56 Å². The molecule has 4 heteroatoms. The van der Waals surface area contributed by atoms with Crippen molar-refractivity contribution in [2.75, 3.05) is 0 Å². The summed E-state index contributed by atoms with van der Waals surface area (Å²) in [4.78, 5) is 13.2. The fourth-order valence-corrected chi connectivity index (χ4v) is 6.10. The van der Waals surface area contributed by atoms with E-state index in [1.165, 1.54) is 0 Å². The van der Waals surface area contributed by atoms with Crippen molar-refractivity contribution >= 4 is 25.7 Å². The van der Waals surface area contributed by atoms with Gasteiger partial charge in [0.25, 0.3) is 5.91 Å². The molecule has 0 heterocycles. The number of allylic oxidation sites excluding steroid dienone is 1. The van der Waals surface area contributed by atoms with Crippen LogP contribution >= 0.6 is 11.6 Å². The molecule has 0 unspecified atom stereocenters. The van der Waals surface area contributed by atoms with Crippen molar-refractivity contribution < 1.29 is 4.79 Å². The predicted molar refractivity (Wildman–Crippen MR) is 108 cm³/mol. The van der Waals surface area contributed by atoms with Crippen molar-refractivity contribution in [1.29, 1.82) is 0 Å².